The first-order valence-corrected chi connectivity index (χ1v) is 7.59. The largest absolute Gasteiger partial charge is 0.398 e. The van der Waals surface area contributed by atoms with Crippen LogP contribution in [-0.4, -0.2) is 17.4 Å². The van der Waals surface area contributed by atoms with Crippen LogP contribution in [0.4, 0.5) is 10.1 Å². The van der Waals surface area contributed by atoms with Crippen molar-refractivity contribution in [1.82, 2.24) is 8.96 Å². The van der Waals surface area contributed by atoms with E-state index < -0.39 is 15.8 Å². The summed E-state index contributed by atoms with van der Waals surface area (Å²) in [6, 6.07) is 7.78. The van der Waals surface area contributed by atoms with E-state index in [0.29, 0.717) is 5.56 Å². The van der Waals surface area contributed by atoms with E-state index in [1.807, 2.05) is 0 Å². The van der Waals surface area contributed by atoms with E-state index in [-0.39, 0.29) is 21.6 Å². The first kappa shape index (κ1) is 13.6. The van der Waals surface area contributed by atoms with Gasteiger partial charge in [-0.15, -0.1) is 0 Å². The average molecular weight is 305 g/mol. The fraction of sp³-hybridized carbons (Fsp3) is 0.0714. The Labute approximate surface area is 120 Å². The molecule has 0 saturated carbocycles. The molecule has 1 aromatic carbocycles. The Hall–Kier alpha value is -2.41. The highest BCUT2D eigenvalue weighted by atomic mass is 32.2. The van der Waals surface area contributed by atoms with E-state index in [4.69, 9.17) is 5.73 Å². The molecule has 0 radical (unpaired) electrons. The summed E-state index contributed by atoms with van der Waals surface area (Å²) in [4.78, 5) is 4.08. The highest BCUT2D eigenvalue weighted by Crippen LogP contribution is 2.29. The predicted molar refractivity (Wildman–Crippen MR) is 77.9 cm³/mol. The summed E-state index contributed by atoms with van der Waals surface area (Å²) in [6.07, 6.45) is 2.32. The van der Waals surface area contributed by atoms with E-state index in [9.17, 15) is 12.8 Å². The molecule has 5 nitrogen and oxygen atoms in total. The van der Waals surface area contributed by atoms with Gasteiger partial charge in [-0.25, -0.2) is 21.8 Å². The maximum atomic E-state index is 14.1. The van der Waals surface area contributed by atoms with Gasteiger partial charge in [0.05, 0.1) is 22.2 Å². The third-order valence-electron chi connectivity index (χ3n) is 3.28. The van der Waals surface area contributed by atoms with Gasteiger partial charge in [0.25, 0.3) is 10.0 Å². The molecule has 21 heavy (non-hydrogen) atoms. The number of anilines is 1. The van der Waals surface area contributed by atoms with E-state index in [2.05, 4.69) is 4.98 Å². The SMILES string of the molecule is Cc1cnc2c(c(F)cn2S(=O)(=O)c2ccccc2)c1N. The number of nitrogen functional groups attached to an aromatic ring is 1. The van der Waals surface area contributed by atoms with Crippen molar-refractivity contribution in [2.24, 2.45) is 0 Å². The molecule has 0 aliphatic heterocycles. The van der Waals surface area contributed by atoms with Crippen LogP contribution in [0.15, 0.2) is 47.6 Å². The van der Waals surface area contributed by atoms with Crippen molar-refractivity contribution < 1.29 is 12.8 Å². The Morgan fingerprint density at radius 3 is 2.57 bits per heavy atom. The molecule has 0 spiro atoms. The topological polar surface area (TPSA) is 78.0 Å². The van der Waals surface area contributed by atoms with Crippen molar-refractivity contribution in [2.45, 2.75) is 11.8 Å². The van der Waals surface area contributed by atoms with Crippen LogP contribution in [0.2, 0.25) is 0 Å². The van der Waals surface area contributed by atoms with Crippen LogP contribution in [0.5, 0.6) is 0 Å². The number of aromatic nitrogens is 2. The molecular weight excluding hydrogens is 293 g/mol. The smallest absolute Gasteiger partial charge is 0.269 e. The molecule has 3 rings (SSSR count). The van der Waals surface area contributed by atoms with Gasteiger partial charge in [0, 0.05) is 6.20 Å². The molecule has 0 aliphatic rings. The quantitative estimate of drug-likeness (QED) is 0.788. The fourth-order valence-corrected chi connectivity index (χ4v) is 3.46. The van der Waals surface area contributed by atoms with Crippen molar-refractivity contribution in [1.29, 1.82) is 0 Å². The highest BCUT2D eigenvalue weighted by molar-refractivity contribution is 7.90. The molecule has 108 valence electrons. The zero-order chi connectivity index (χ0) is 15.2. The van der Waals surface area contributed by atoms with Crippen LogP contribution < -0.4 is 5.73 Å². The molecule has 2 aromatic heterocycles. The second-order valence-electron chi connectivity index (χ2n) is 4.64. The van der Waals surface area contributed by atoms with Crippen molar-refractivity contribution in [2.75, 3.05) is 5.73 Å². The fourth-order valence-electron chi connectivity index (χ4n) is 2.13. The van der Waals surface area contributed by atoms with Gasteiger partial charge in [-0.05, 0) is 24.6 Å². The molecule has 0 amide bonds. The van der Waals surface area contributed by atoms with Crippen LogP contribution in [0.3, 0.4) is 0 Å². The van der Waals surface area contributed by atoms with Crippen LogP contribution in [0.25, 0.3) is 11.0 Å². The second-order valence-corrected chi connectivity index (χ2v) is 6.46. The van der Waals surface area contributed by atoms with Gasteiger partial charge >= 0.3 is 0 Å². The molecular formula is C14H12FN3O2S. The van der Waals surface area contributed by atoms with Gasteiger partial charge < -0.3 is 5.73 Å². The molecule has 0 bridgehead atoms. The third kappa shape index (κ3) is 1.97. The lowest BCUT2D eigenvalue weighted by Crippen LogP contribution is -2.12. The summed E-state index contributed by atoms with van der Waals surface area (Å²) < 4.78 is 40.1. The first-order chi connectivity index (χ1) is 9.93. The number of nitrogens with two attached hydrogens (primary N) is 1. The van der Waals surface area contributed by atoms with Gasteiger partial charge in [0.1, 0.15) is 0 Å². The van der Waals surface area contributed by atoms with Crippen molar-refractivity contribution in [3.05, 3.63) is 54.1 Å². The van der Waals surface area contributed by atoms with Gasteiger partial charge in [-0.3, -0.25) is 0 Å². The number of hydrogen-bond acceptors (Lipinski definition) is 4. The van der Waals surface area contributed by atoms with Crippen LogP contribution in [0.1, 0.15) is 5.56 Å². The molecule has 0 fully saturated rings. The second kappa shape index (κ2) is 4.56. The minimum atomic E-state index is -3.92. The third-order valence-corrected chi connectivity index (χ3v) is 4.94. The number of benzene rings is 1. The molecule has 7 heteroatoms. The lowest BCUT2D eigenvalue weighted by molar-refractivity contribution is 0.585. The molecule has 3 aromatic rings. The summed E-state index contributed by atoms with van der Waals surface area (Å²) in [5.41, 5.74) is 6.60. The summed E-state index contributed by atoms with van der Waals surface area (Å²) >= 11 is 0. The molecule has 0 unspecified atom stereocenters. The summed E-state index contributed by atoms with van der Waals surface area (Å²) in [5, 5.41) is 0.0227. The van der Waals surface area contributed by atoms with Crippen molar-refractivity contribution in [3.63, 3.8) is 0 Å². The lowest BCUT2D eigenvalue weighted by Gasteiger charge is -2.07. The Bertz CT molecular complexity index is 934. The zero-order valence-electron chi connectivity index (χ0n) is 11.1. The maximum Gasteiger partial charge on any atom is 0.269 e. The highest BCUT2D eigenvalue weighted by Gasteiger charge is 2.23. The minimum Gasteiger partial charge on any atom is -0.398 e. The predicted octanol–water partition coefficient (Wildman–Crippen LogP) is 2.30. The number of hydrogen-bond donors (Lipinski definition) is 1. The Morgan fingerprint density at radius 1 is 1.24 bits per heavy atom. The molecule has 2 heterocycles. The number of nitrogens with zero attached hydrogens (tertiary/aromatic N) is 2. The van der Waals surface area contributed by atoms with E-state index >= 15 is 0 Å². The van der Waals surface area contributed by atoms with Crippen molar-refractivity contribution >= 4 is 26.7 Å². The van der Waals surface area contributed by atoms with Crippen molar-refractivity contribution in [3.8, 4) is 0 Å². The van der Waals surface area contributed by atoms with Gasteiger partial charge in [0.2, 0.25) is 0 Å². The molecule has 0 aliphatic carbocycles. The normalized spacial score (nSPS) is 11.9. The Balaban J connectivity index is 2.35. The van der Waals surface area contributed by atoms with Crippen LogP contribution in [-0.2, 0) is 10.0 Å². The van der Waals surface area contributed by atoms with Gasteiger partial charge in [-0.1, -0.05) is 18.2 Å². The first-order valence-electron chi connectivity index (χ1n) is 6.15. The molecule has 0 saturated heterocycles. The number of rotatable bonds is 2. The van der Waals surface area contributed by atoms with E-state index in [1.165, 1.54) is 18.3 Å². The van der Waals surface area contributed by atoms with Gasteiger partial charge in [0.15, 0.2) is 11.5 Å². The minimum absolute atomic E-state index is 0.0144. The summed E-state index contributed by atoms with van der Waals surface area (Å²) in [6.45, 7) is 1.68. The van der Waals surface area contributed by atoms with Gasteiger partial charge in [-0.2, -0.15) is 0 Å². The maximum absolute atomic E-state index is 14.1. The standard InChI is InChI=1S/C14H12FN3O2S/c1-9-7-17-14-12(13(9)16)11(15)8-18(14)21(19,20)10-5-3-2-4-6-10/h2-8H,1H3,(H2,16,17). The lowest BCUT2D eigenvalue weighted by atomic mass is 10.2. The number of fused-ring (bicyclic) bond motifs is 1. The molecule has 2 N–H and O–H groups in total. The zero-order valence-corrected chi connectivity index (χ0v) is 11.9. The van der Waals surface area contributed by atoms with E-state index in [0.717, 1.165) is 10.2 Å². The van der Waals surface area contributed by atoms with E-state index in [1.54, 1.807) is 25.1 Å². The number of aryl methyl sites for hydroxylation is 1. The average Bonchev–Trinajstić information content (AvgIpc) is 2.82. The Kier molecular flexibility index (Phi) is 2.94. The monoisotopic (exact) mass is 305 g/mol. The van der Waals surface area contributed by atoms with Crippen LogP contribution in [0, 0.1) is 12.7 Å². The summed E-state index contributed by atoms with van der Waals surface area (Å²) in [5.74, 6) is -0.710. The number of pyridine rings is 1. The Morgan fingerprint density at radius 2 is 1.90 bits per heavy atom. The van der Waals surface area contributed by atoms with Crippen LogP contribution >= 0.6 is 0 Å². The number of halogens is 1. The molecule has 0 atom stereocenters. The summed E-state index contributed by atoms with van der Waals surface area (Å²) in [7, 11) is -3.92.